The quantitative estimate of drug-likeness (QED) is 0.535. The second-order valence-electron chi connectivity index (χ2n) is 2.55. The van der Waals surface area contributed by atoms with Gasteiger partial charge in [0.25, 0.3) is 0 Å². The van der Waals surface area contributed by atoms with E-state index < -0.39 is 0 Å². The number of hydrogen-bond donors (Lipinski definition) is 1. The van der Waals surface area contributed by atoms with Crippen molar-refractivity contribution >= 4 is 0 Å². The minimum Gasteiger partial charge on any atom is -0.388 e. The molecular weight excluding hydrogens is 138 g/mol. The predicted molar refractivity (Wildman–Crippen MR) is 48.6 cm³/mol. The molecule has 1 N–H and O–H groups in total. The molecule has 0 spiro atoms. The van der Waals surface area contributed by atoms with Crippen molar-refractivity contribution in [3.05, 3.63) is 12.2 Å². The van der Waals surface area contributed by atoms with Crippen LogP contribution in [-0.2, 0) is 0 Å². The molecule has 0 amide bonds. The summed E-state index contributed by atoms with van der Waals surface area (Å²) in [6.07, 6.45) is 4.71. The molecule has 1 atom stereocenters. The van der Waals surface area contributed by atoms with Crippen LogP contribution in [0.3, 0.4) is 0 Å². The summed E-state index contributed by atoms with van der Waals surface area (Å²) in [6.45, 7) is 5.84. The number of aliphatic hydroxyl groups excluding tert-OH is 1. The van der Waals surface area contributed by atoms with Crippen molar-refractivity contribution in [3.63, 3.8) is 0 Å². The molecule has 0 saturated carbocycles. The summed E-state index contributed by atoms with van der Waals surface area (Å²) in [5.74, 6) is 0. The Hall–Kier alpha value is -0.340. The zero-order valence-corrected chi connectivity index (χ0v) is 7.75. The maximum absolute atomic E-state index is 9.13. The molecule has 0 aromatic heterocycles. The van der Waals surface area contributed by atoms with Gasteiger partial charge in [-0.05, 0) is 13.5 Å². The molecule has 2 nitrogen and oxygen atoms in total. The van der Waals surface area contributed by atoms with Gasteiger partial charge in [-0.2, -0.15) is 0 Å². The fourth-order valence-electron chi connectivity index (χ4n) is 1.02. The zero-order chi connectivity index (χ0) is 8.69. The van der Waals surface area contributed by atoms with Crippen molar-refractivity contribution in [1.82, 2.24) is 4.90 Å². The van der Waals surface area contributed by atoms with Crippen molar-refractivity contribution in [1.29, 1.82) is 0 Å². The molecule has 11 heavy (non-hydrogen) atoms. The average molecular weight is 157 g/mol. The highest BCUT2D eigenvalue weighted by Crippen LogP contribution is 1.99. The lowest BCUT2D eigenvalue weighted by Gasteiger charge is -2.14. The predicted octanol–water partition coefficient (Wildman–Crippen LogP) is 1.27. The molecule has 1 unspecified atom stereocenters. The van der Waals surface area contributed by atoms with Gasteiger partial charge in [0.2, 0.25) is 0 Å². The van der Waals surface area contributed by atoms with Crippen LogP contribution in [-0.4, -0.2) is 36.2 Å². The van der Waals surface area contributed by atoms with E-state index in [0.717, 1.165) is 19.5 Å². The van der Waals surface area contributed by atoms with Crippen LogP contribution in [0.4, 0.5) is 0 Å². The van der Waals surface area contributed by atoms with Crippen LogP contribution >= 0.6 is 0 Å². The Bertz CT molecular complexity index is 112. The molecule has 0 radical (unpaired) electrons. The maximum Gasteiger partial charge on any atom is 0.0847 e. The molecular formula is C9H19NO. The zero-order valence-electron chi connectivity index (χ0n) is 7.75. The summed E-state index contributed by atoms with van der Waals surface area (Å²) in [7, 11) is 2.02. The highest BCUT2D eigenvalue weighted by Gasteiger charge is 2.06. The highest BCUT2D eigenvalue weighted by molar-refractivity contribution is 4.93. The van der Waals surface area contributed by atoms with Gasteiger partial charge in [0.1, 0.15) is 0 Å². The molecule has 0 aromatic rings. The lowest BCUT2D eigenvalue weighted by atomic mass is 10.3. The average Bonchev–Trinajstić information content (AvgIpc) is 2.18. The molecule has 0 fully saturated rings. The van der Waals surface area contributed by atoms with Crippen LogP contribution < -0.4 is 0 Å². The smallest absolute Gasteiger partial charge is 0.0847 e. The van der Waals surface area contributed by atoms with Crippen molar-refractivity contribution in [2.45, 2.75) is 26.4 Å². The topological polar surface area (TPSA) is 23.5 Å². The minimum absolute atomic E-state index is 0.252. The van der Waals surface area contributed by atoms with Crippen LogP contribution in [0, 0.1) is 0 Å². The van der Waals surface area contributed by atoms with Gasteiger partial charge in [-0.3, -0.25) is 0 Å². The van der Waals surface area contributed by atoms with Gasteiger partial charge in [0.15, 0.2) is 0 Å². The Balaban J connectivity index is 0.000000461. The molecule has 1 heterocycles. The normalized spacial score (nSPS) is 25.3. The van der Waals surface area contributed by atoms with E-state index in [-0.39, 0.29) is 6.10 Å². The molecule has 66 valence electrons. The van der Waals surface area contributed by atoms with E-state index in [0.29, 0.717) is 0 Å². The monoisotopic (exact) mass is 157 g/mol. The SMILES string of the molecule is CC.CN1CCC=CC(O)C1. The fraction of sp³-hybridized carbons (Fsp3) is 0.778. The number of likely N-dealkylation sites (N-methyl/N-ethyl adjacent to an activating group) is 1. The second-order valence-corrected chi connectivity index (χ2v) is 2.55. The summed E-state index contributed by atoms with van der Waals surface area (Å²) < 4.78 is 0. The molecule has 1 aliphatic heterocycles. The number of hydrogen-bond acceptors (Lipinski definition) is 2. The van der Waals surface area contributed by atoms with Crippen molar-refractivity contribution in [2.24, 2.45) is 0 Å². The third kappa shape index (κ3) is 4.99. The van der Waals surface area contributed by atoms with E-state index in [1.165, 1.54) is 0 Å². The van der Waals surface area contributed by atoms with E-state index in [1.807, 2.05) is 33.0 Å². The lowest BCUT2D eigenvalue weighted by molar-refractivity contribution is 0.170. The van der Waals surface area contributed by atoms with E-state index >= 15 is 0 Å². The fourth-order valence-corrected chi connectivity index (χ4v) is 1.02. The Labute approximate surface area is 69.5 Å². The first kappa shape index (κ1) is 10.7. The van der Waals surface area contributed by atoms with Crippen LogP contribution in [0.5, 0.6) is 0 Å². The van der Waals surface area contributed by atoms with E-state index in [4.69, 9.17) is 5.11 Å². The van der Waals surface area contributed by atoms with E-state index in [9.17, 15) is 0 Å². The van der Waals surface area contributed by atoms with Gasteiger partial charge in [-0.1, -0.05) is 26.0 Å². The number of nitrogens with zero attached hydrogens (tertiary/aromatic N) is 1. The lowest BCUT2D eigenvalue weighted by Crippen LogP contribution is -2.26. The Kier molecular flexibility index (Phi) is 6.18. The maximum atomic E-state index is 9.13. The van der Waals surface area contributed by atoms with Gasteiger partial charge in [-0.15, -0.1) is 0 Å². The second kappa shape index (κ2) is 6.38. The van der Waals surface area contributed by atoms with Crippen LogP contribution in [0.25, 0.3) is 0 Å². The van der Waals surface area contributed by atoms with E-state index in [1.54, 1.807) is 0 Å². The first-order chi connectivity index (χ1) is 5.29. The largest absolute Gasteiger partial charge is 0.388 e. The summed E-state index contributed by atoms with van der Waals surface area (Å²) in [5, 5.41) is 9.13. The van der Waals surface area contributed by atoms with Gasteiger partial charge in [0.05, 0.1) is 6.10 Å². The van der Waals surface area contributed by atoms with Gasteiger partial charge >= 0.3 is 0 Å². The van der Waals surface area contributed by atoms with Crippen LogP contribution in [0.15, 0.2) is 12.2 Å². The molecule has 1 rings (SSSR count). The molecule has 0 saturated heterocycles. The molecule has 0 aliphatic carbocycles. The van der Waals surface area contributed by atoms with E-state index in [2.05, 4.69) is 4.90 Å². The third-order valence-corrected chi connectivity index (χ3v) is 1.53. The molecule has 2 heteroatoms. The van der Waals surface area contributed by atoms with Crippen molar-refractivity contribution < 1.29 is 5.11 Å². The number of β-amino-alcohol motifs (C(OH)–C–C–N with tert-alkyl or cyclic N) is 1. The minimum atomic E-state index is -0.252. The van der Waals surface area contributed by atoms with Gasteiger partial charge < -0.3 is 10.0 Å². The summed E-state index contributed by atoms with van der Waals surface area (Å²) in [6, 6.07) is 0. The Morgan fingerprint density at radius 1 is 1.45 bits per heavy atom. The first-order valence-corrected chi connectivity index (χ1v) is 4.32. The van der Waals surface area contributed by atoms with Crippen molar-refractivity contribution in [2.75, 3.05) is 20.1 Å². The van der Waals surface area contributed by atoms with Crippen molar-refractivity contribution in [3.8, 4) is 0 Å². The molecule has 1 aliphatic rings. The Morgan fingerprint density at radius 2 is 2.09 bits per heavy atom. The number of rotatable bonds is 0. The Morgan fingerprint density at radius 3 is 2.73 bits per heavy atom. The standard InChI is InChI=1S/C7H13NO.C2H6/c1-8-5-3-2-4-7(9)6-8;1-2/h2,4,7,9H,3,5-6H2,1H3;1-2H3. The first-order valence-electron chi connectivity index (χ1n) is 4.32. The third-order valence-electron chi connectivity index (χ3n) is 1.53. The highest BCUT2D eigenvalue weighted by atomic mass is 16.3. The molecule has 0 bridgehead atoms. The van der Waals surface area contributed by atoms with Crippen LogP contribution in [0.1, 0.15) is 20.3 Å². The molecule has 0 aromatic carbocycles. The number of aliphatic hydroxyl groups is 1. The summed E-state index contributed by atoms with van der Waals surface area (Å²) in [5.41, 5.74) is 0. The van der Waals surface area contributed by atoms with Crippen LogP contribution in [0.2, 0.25) is 0 Å². The van der Waals surface area contributed by atoms with Gasteiger partial charge in [0, 0.05) is 13.1 Å². The van der Waals surface area contributed by atoms with Gasteiger partial charge in [-0.25, -0.2) is 0 Å². The summed E-state index contributed by atoms with van der Waals surface area (Å²) in [4.78, 5) is 2.13. The summed E-state index contributed by atoms with van der Waals surface area (Å²) >= 11 is 0.